The highest BCUT2D eigenvalue weighted by atomic mass is 32.2. The largest absolute Gasteiger partial charge is 0.384 e. The number of aryl methyl sites for hydroxylation is 1. The van der Waals surface area contributed by atoms with Crippen LogP contribution in [0.25, 0.3) is 0 Å². The third-order valence-corrected chi connectivity index (χ3v) is 9.39. The van der Waals surface area contributed by atoms with Gasteiger partial charge in [-0.1, -0.05) is 24.3 Å². The monoisotopic (exact) mass is 558 g/mol. The standard InChI is InChI=1S/C28H42N6O4S/c1-4-5-6-7-12-28(20-29-23(35)10-17-38-3)13-15-34(16-14-28)27-31-22-11-18-39(37)25(22)26(32-27)30-21-8-9-24(36)33(2)19-21/h4-7,21H,8-20H2,1-3H3,(H,29,35)(H,30,31,32)/b5-4-,7-6-/t21-,39?/m0/s1. The number of carbonyl (C=O) groups excluding carboxylic acids is 2. The fourth-order valence-corrected chi connectivity index (χ4v) is 6.77. The van der Waals surface area contributed by atoms with Gasteiger partial charge in [0.15, 0.2) is 0 Å². The maximum absolute atomic E-state index is 12.8. The Kier molecular flexibility index (Phi) is 10.1. The summed E-state index contributed by atoms with van der Waals surface area (Å²) in [4.78, 5) is 38.7. The van der Waals surface area contributed by atoms with Gasteiger partial charge in [0, 0.05) is 71.4 Å². The van der Waals surface area contributed by atoms with E-state index in [-0.39, 0.29) is 23.3 Å². The normalized spacial score (nSPS) is 23.0. The quantitative estimate of drug-likeness (QED) is 0.398. The van der Waals surface area contributed by atoms with Crippen molar-refractivity contribution in [1.82, 2.24) is 20.2 Å². The van der Waals surface area contributed by atoms with E-state index < -0.39 is 10.8 Å². The second kappa shape index (κ2) is 13.5. The Balaban J connectivity index is 1.48. The molecule has 0 radical (unpaired) electrons. The van der Waals surface area contributed by atoms with Crippen LogP contribution in [-0.4, -0.2) is 89.6 Å². The number of anilines is 2. The molecule has 214 valence electrons. The van der Waals surface area contributed by atoms with Gasteiger partial charge in [0.05, 0.1) is 23.1 Å². The first-order valence-electron chi connectivity index (χ1n) is 13.9. The number of likely N-dealkylation sites (tertiary alicyclic amines) is 1. The van der Waals surface area contributed by atoms with Gasteiger partial charge >= 0.3 is 0 Å². The van der Waals surface area contributed by atoms with Crippen LogP contribution in [0.1, 0.15) is 51.1 Å². The van der Waals surface area contributed by atoms with Gasteiger partial charge in [0.25, 0.3) is 0 Å². The highest BCUT2D eigenvalue weighted by Crippen LogP contribution is 2.37. The van der Waals surface area contributed by atoms with Crippen molar-refractivity contribution in [2.24, 2.45) is 5.41 Å². The number of nitrogens with zero attached hydrogens (tertiary/aromatic N) is 4. The molecule has 2 fully saturated rings. The first-order chi connectivity index (χ1) is 18.8. The summed E-state index contributed by atoms with van der Waals surface area (Å²) >= 11 is 0. The molecule has 2 N–H and O–H groups in total. The van der Waals surface area contributed by atoms with Crippen molar-refractivity contribution in [3.63, 3.8) is 0 Å². The third kappa shape index (κ3) is 7.45. The number of nitrogens with one attached hydrogen (secondary N) is 2. The van der Waals surface area contributed by atoms with Crippen molar-refractivity contribution in [1.29, 1.82) is 0 Å². The maximum Gasteiger partial charge on any atom is 0.227 e. The van der Waals surface area contributed by atoms with E-state index in [0.29, 0.717) is 56.5 Å². The van der Waals surface area contributed by atoms with E-state index in [1.165, 1.54) is 0 Å². The number of likely N-dealkylation sites (N-methyl/N-ethyl adjacent to an activating group) is 1. The number of hydrogen-bond acceptors (Lipinski definition) is 8. The molecule has 4 rings (SSSR count). The van der Waals surface area contributed by atoms with Crippen LogP contribution in [-0.2, 0) is 31.5 Å². The minimum atomic E-state index is -1.12. The van der Waals surface area contributed by atoms with Crippen molar-refractivity contribution in [3.8, 4) is 0 Å². The Morgan fingerprint density at radius 1 is 1.23 bits per heavy atom. The van der Waals surface area contributed by atoms with Crippen molar-refractivity contribution in [2.75, 3.05) is 62.9 Å². The highest BCUT2D eigenvalue weighted by Gasteiger charge is 2.36. The number of ether oxygens (including phenoxy) is 1. The number of carbonyl (C=O) groups is 2. The molecular formula is C28H42N6O4S. The van der Waals surface area contributed by atoms with Gasteiger partial charge in [0.2, 0.25) is 17.8 Å². The van der Waals surface area contributed by atoms with Gasteiger partial charge in [-0.25, -0.2) is 4.98 Å². The summed E-state index contributed by atoms with van der Waals surface area (Å²) in [6.07, 6.45) is 13.2. The Bertz CT molecular complexity index is 1120. The van der Waals surface area contributed by atoms with Crippen LogP contribution in [0.4, 0.5) is 11.8 Å². The molecule has 11 heteroatoms. The second-order valence-electron chi connectivity index (χ2n) is 10.8. The Labute approximate surface area is 234 Å². The zero-order valence-electron chi connectivity index (χ0n) is 23.4. The van der Waals surface area contributed by atoms with Crippen molar-refractivity contribution >= 4 is 34.4 Å². The van der Waals surface area contributed by atoms with Gasteiger partial charge in [-0.05, 0) is 38.0 Å². The lowest BCUT2D eigenvalue weighted by atomic mass is 9.75. The lowest BCUT2D eigenvalue weighted by Gasteiger charge is -2.42. The van der Waals surface area contributed by atoms with Gasteiger partial charge in [-0.3, -0.25) is 13.8 Å². The molecule has 10 nitrogen and oxygen atoms in total. The van der Waals surface area contributed by atoms with E-state index in [2.05, 4.69) is 27.7 Å². The molecule has 0 bridgehead atoms. The minimum absolute atomic E-state index is 0.0109. The van der Waals surface area contributed by atoms with Crippen LogP contribution in [0.2, 0.25) is 0 Å². The molecule has 4 heterocycles. The SMILES string of the molecule is C/C=C\C=C/CC1(CNC(=O)CCOC)CCN(c2nc3c(c(N[C@H]4CCC(=O)N(C)C4)n2)S(=O)CC3)CC1. The van der Waals surface area contributed by atoms with Crippen molar-refractivity contribution in [3.05, 3.63) is 30.0 Å². The van der Waals surface area contributed by atoms with Gasteiger partial charge < -0.3 is 25.2 Å². The molecular weight excluding hydrogens is 516 g/mol. The lowest BCUT2D eigenvalue weighted by molar-refractivity contribution is -0.132. The summed E-state index contributed by atoms with van der Waals surface area (Å²) in [5, 5.41) is 6.64. The molecule has 3 aliphatic rings. The predicted molar refractivity (Wildman–Crippen MR) is 153 cm³/mol. The lowest BCUT2D eigenvalue weighted by Crippen LogP contribution is -2.47. The van der Waals surface area contributed by atoms with Crippen molar-refractivity contribution in [2.45, 2.75) is 62.8 Å². The summed E-state index contributed by atoms with van der Waals surface area (Å²) in [5.41, 5.74) is 0.813. The summed E-state index contributed by atoms with van der Waals surface area (Å²) in [5.74, 6) is 2.04. The molecule has 0 aliphatic carbocycles. The first kappa shape index (κ1) is 29.2. The average molecular weight is 559 g/mol. The minimum Gasteiger partial charge on any atom is -0.384 e. The molecule has 0 aromatic carbocycles. The van der Waals surface area contributed by atoms with E-state index >= 15 is 0 Å². The van der Waals surface area contributed by atoms with Crippen LogP contribution in [0.5, 0.6) is 0 Å². The van der Waals surface area contributed by atoms with Crippen LogP contribution in [0.15, 0.2) is 29.2 Å². The zero-order valence-corrected chi connectivity index (χ0v) is 24.2. The van der Waals surface area contributed by atoms with E-state index in [1.54, 1.807) is 12.0 Å². The Morgan fingerprint density at radius 3 is 2.74 bits per heavy atom. The zero-order chi connectivity index (χ0) is 27.8. The molecule has 2 amide bonds. The van der Waals surface area contributed by atoms with E-state index in [9.17, 15) is 13.8 Å². The number of aromatic nitrogens is 2. The van der Waals surface area contributed by atoms with Gasteiger partial charge in [0.1, 0.15) is 10.7 Å². The summed E-state index contributed by atoms with van der Waals surface area (Å²) in [6, 6.07) is 0.0665. The maximum atomic E-state index is 12.8. The average Bonchev–Trinajstić information content (AvgIpc) is 3.32. The summed E-state index contributed by atoms with van der Waals surface area (Å²) in [7, 11) is 2.30. The smallest absolute Gasteiger partial charge is 0.227 e. The van der Waals surface area contributed by atoms with E-state index in [1.807, 2.05) is 26.1 Å². The fraction of sp³-hybridized carbons (Fsp3) is 0.643. The van der Waals surface area contributed by atoms with Crippen LogP contribution < -0.4 is 15.5 Å². The Hall–Kier alpha value is -2.79. The molecule has 39 heavy (non-hydrogen) atoms. The molecule has 2 atom stereocenters. The number of piperidine rings is 2. The van der Waals surface area contributed by atoms with Gasteiger partial charge in [-0.15, -0.1) is 0 Å². The molecule has 3 aliphatic heterocycles. The van der Waals surface area contributed by atoms with Crippen LogP contribution in [0, 0.1) is 5.41 Å². The third-order valence-electron chi connectivity index (χ3n) is 7.93. The number of allylic oxidation sites excluding steroid dienone is 4. The highest BCUT2D eigenvalue weighted by molar-refractivity contribution is 7.85. The number of methoxy groups -OCH3 is 1. The number of amides is 2. The second-order valence-corrected chi connectivity index (χ2v) is 12.3. The fourth-order valence-electron chi connectivity index (χ4n) is 5.46. The number of hydrogen-bond donors (Lipinski definition) is 2. The molecule has 2 saturated heterocycles. The molecule has 0 saturated carbocycles. The van der Waals surface area contributed by atoms with E-state index in [0.717, 1.165) is 49.4 Å². The Morgan fingerprint density at radius 2 is 2.03 bits per heavy atom. The number of fused-ring (bicyclic) bond motifs is 1. The first-order valence-corrected chi connectivity index (χ1v) is 15.2. The van der Waals surface area contributed by atoms with Gasteiger partial charge in [-0.2, -0.15) is 4.98 Å². The van der Waals surface area contributed by atoms with Crippen LogP contribution in [0.3, 0.4) is 0 Å². The van der Waals surface area contributed by atoms with E-state index in [4.69, 9.17) is 14.7 Å². The predicted octanol–water partition coefficient (Wildman–Crippen LogP) is 2.43. The molecule has 0 spiro atoms. The van der Waals surface area contributed by atoms with Crippen molar-refractivity contribution < 1.29 is 18.5 Å². The molecule has 1 aromatic rings. The topological polar surface area (TPSA) is 117 Å². The van der Waals surface area contributed by atoms with Crippen LogP contribution >= 0.6 is 0 Å². The molecule has 1 aromatic heterocycles. The molecule has 1 unspecified atom stereocenters. The number of rotatable bonds is 11. The summed E-state index contributed by atoms with van der Waals surface area (Å²) < 4.78 is 17.9. The summed E-state index contributed by atoms with van der Waals surface area (Å²) in [6.45, 7) is 5.17.